The number of nitrogens with one attached hydrogen (secondary N) is 2. The Morgan fingerprint density at radius 3 is 2.46 bits per heavy atom. The molecule has 0 aromatic heterocycles. The van der Waals surface area contributed by atoms with E-state index in [4.69, 9.17) is 16.3 Å². The number of hydrogen-bond donors (Lipinski definition) is 2. The van der Waals surface area contributed by atoms with Crippen molar-refractivity contribution < 1.29 is 22.7 Å². The molecule has 9 heteroatoms. The molecule has 0 aliphatic rings. The van der Waals surface area contributed by atoms with Crippen LogP contribution < -0.4 is 15.4 Å². The lowest BCUT2D eigenvalue weighted by Crippen LogP contribution is -2.30. The lowest BCUT2D eigenvalue weighted by atomic mass is 10.2. The van der Waals surface area contributed by atoms with Crippen LogP contribution in [0.3, 0.4) is 0 Å². The molecule has 0 unspecified atom stereocenters. The van der Waals surface area contributed by atoms with Gasteiger partial charge in [0.05, 0.1) is 17.2 Å². The van der Waals surface area contributed by atoms with Gasteiger partial charge in [0.2, 0.25) is 0 Å². The molecule has 0 fully saturated rings. The van der Waals surface area contributed by atoms with Gasteiger partial charge in [0, 0.05) is 16.7 Å². The first-order valence-corrected chi connectivity index (χ1v) is 8.73. The van der Waals surface area contributed by atoms with Crippen LogP contribution in [0.25, 0.3) is 0 Å². The number of rotatable bonds is 6. The Kier molecular flexibility index (Phi) is 7.16. The Morgan fingerprint density at radius 1 is 1.15 bits per heavy atom. The van der Waals surface area contributed by atoms with Crippen LogP contribution in [0.5, 0.6) is 5.75 Å². The van der Waals surface area contributed by atoms with Gasteiger partial charge >= 0.3 is 12.2 Å². The summed E-state index contributed by atoms with van der Waals surface area (Å²) < 4.78 is 43.7. The number of hydrogen-bond acceptors (Lipinski definition) is 2. The number of anilines is 1. The molecular formula is C17H15BrClF3N2O2. The van der Waals surface area contributed by atoms with E-state index >= 15 is 0 Å². The van der Waals surface area contributed by atoms with Crippen LogP contribution >= 0.6 is 27.5 Å². The van der Waals surface area contributed by atoms with Gasteiger partial charge in [0.1, 0.15) is 5.75 Å². The van der Waals surface area contributed by atoms with Crippen molar-refractivity contribution in [1.82, 2.24) is 5.32 Å². The Bertz CT molecular complexity index is 755. The third-order valence-electron chi connectivity index (χ3n) is 3.23. The summed E-state index contributed by atoms with van der Waals surface area (Å²) in [4.78, 5) is 11.7. The van der Waals surface area contributed by atoms with Crippen LogP contribution in [-0.2, 0) is 6.18 Å². The summed E-state index contributed by atoms with van der Waals surface area (Å²) in [6.45, 7) is 0.683. The largest absolute Gasteiger partial charge is 0.492 e. The van der Waals surface area contributed by atoms with Crippen LogP contribution in [0.4, 0.5) is 23.7 Å². The zero-order chi connectivity index (χ0) is 19.2. The number of alkyl halides is 3. The third-order valence-corrected chi connectivity index (χ3v) is 4.02. The molecule has 2 aromatic carbocycles. The molecule has 2 rings (SSSR count). The second-order valence-electron chi connectivity index (χ2n) is 5.23. The third kappa shape index (κ3) is 6.42. The number of halogens is 5. The molecule has 140 valence electrons. The average molecular weight is 452 g/mol. The standard InChI is InChI=1S/C17H15BrClF3N2O2/c18-12-4-7-15(14(19)10-12)26-9-1-8-23-16(25)24-13-5-2-11(3-6-13)17(20,21)22/h2-7,10H,1,8-9H2,(H2,23,24,25). The molecule has 2 amide bonds. The SMILES string of the molecule is O=C(NCCCOc1ccc(Br)cc1Cl)Nc1ccc(C(F)(F)F)cc1. The van der Waals surface area contributed by atoms with Gasteiger partial charge in [-0.25, -0.2) is 4.79 Å². The van der Waals surface area contributed by atoms with E-state index in [0.717, 1.165) is 16.6 Å². The summed E-state index contributed by atoms with van der Waals surface area (Å²) in [5, 5.41) is 5.53. The molecule has 0 atom stereocenters. The van der Waals surface area contributed by atoms with Crippen molar-refractivity contribution >= 4 is 39.2 Å². The van der Waals surface area contributed by atoms with E-state index in [9.17, 15) is 18.0 Å². The minimum Gasteiger partial charge on any atom is -0.492 e. The lowest BCUT2D eigenvalue weighted by Gasteiger charge is -2.11. The van der Waals surface area contributed by atoms with Crippen molar-refractivity contribution in [3.63, 3.8) is 0 Å². The molecule has 0 heterocycles. The van der Waals surface area contributed by atoms with Gasteiger partial charge in [-0.1, -0.05) is 27.5 Å². The van der Waals surface area contributed by atoms with E-state index in [1.54, 1.807) is 18.2 Å². The zero-order valence-corrected chi connectivity index (χ0v) is 15.7. The van der Waals surface area contributed by atoms with Crippen LogP contribution in [0, 0.1) is 0 Å². The maximum absolute atomic E-state index is 12.5. The topological polar surface area (TPSA) is 50.4 Å². The van der Waals surface area contributed by atoms with Gasteiger partial charge in [-0.2, -0.15) is 13.2 Å². The Hall–Kier alpha value is -1.93. The molecule has 0 saturated heterocycles. The minimum absolute atomic E-state index is 0.272. The summed E-state index contributed by atoms with van der Waals surface area (Å²) in [5.41, 5.74) is -0.499. The van der Waals surface area contributed by atoms with Crippen molar-refractivity contribution in [2.24, 2.45) is 0 Å². The monoisotopic (exact) mass is 450 g/mol. The summed E-state index contributed by atoms with van der Waals surface area (Å²) in [6, 6.07) is 8.95. The number of carbonyl (C=O) groups excluding carboxylic acids is 1. The van der Waals surface area contributed by atoms with Gasteiger partial charge in [-0.05, 0) is 48.9 Å². The number of benzene rings is 2. The Labute approximate surface area is 161 Å². The van der Waals surface area contributed by atoms with Crippen molar-refractivity contribution in [2.75, 3.05) is 18.5 Å². The molecule has 26 heavy (non-hydrogen) atoms. The van der Waals surface area contributed by atoms with E-state index in [-0.39, 0.29) is 5.69 Å². The van der Waals surface area contributed by atoms with Crippen LogP contribution in [0.1, 0.15) is 12.0 Å². The molecular weight excluding hydrogens is 437 g/mol. The second kappa shape index (κ2) is 9.14. The fourth-order valence-electron chi connectivity index (χ4n) is 1.97. The summed E-state index contributed by atoms with van der Waals surface area (Å²) in [6.07, 6.45) is -3.87. The Morgan fingerprint density at radius 2 is 1.85 bits per heavy atom. The average Bonchev–Trinajstić information content (AvgIpc) is 2.56. The van der Waals surface area contributed by atoms with Crippen molar-refractivity contribution in [1.29, 1.82) is 0 Å². The maximum Gasteiger partial charge on any atom is 0.416 e. The van der Waals surface area contributed by atoms with Crippen LogP contribution in [-0.4, -0.2) is 19.2 Å². The first kappa shape index (κ1) is 20.4. The van der Waals surface area contributed by atoms with E-state index in [2.05, 4.69) is 26.6 Å². The normalized spacial score (nSPS) is 11.1. The predicted molar refractivity (Wildman–Crippen MR) is 97.7 cm³/mol. The van der Waals surface area contributed by atoms with E-state index in [1.807, 2.05) is 0 Å². The maximum atomic E-state index is 12.5. The first-order valence-electron chi connectivity index (χ1n) is 7.55. The van der Waals surface area contributed by atoms with E-state index in [1.165, 1.54) is 12.1 Å². The molecule has 0 aliphatic carbocycles. The van der Waals surface area contributed by atoms with Gasteiger partial charge in [-0.3, -0.25) is 0 Å². The molecule has 0 aliphatic heterocycles. The molecule has 0 spiro atoms. The lowest BCUT2D eigenvalue weighted by molar-refractivity contribution is -0.137. The molecule has 0 saturated carbocycles. The molecule has 0 bridgehead atoms. The Balaban J connectivity index is 1.69. The highest BCUT2D eigenvalue weighted by Crippen LogP contribution is 2.30. The second-order valence-corrected chi connectivity index (χ2v) is 6.56. The van der Waals surface area contributed by atoms with Crippen molar-refractivity contribution in [2.45, 2.75) is 12.6 Å². The number of urea groups is 1. The quantitative estimate of drug-likeness (QED) is 0.553. The molecule has 4 nitrogen and oxygen atoms in total. The van der Waals surface area contributed by atoms with Gasteiger partial charge in [-0.15, -0.1) is 0 Å². The number of carbonyl (C=O) groups is 1. The fraction of sp³-hybridized carbons (Fsp3) is 0.235. The van der Waals surface area contributed by atoms with Crippen molar-refractivity contribution in [3.8, 4) is 5.75 Å². The molecule has 2 N–H and O–H groups in total. The first-order chi connectivity index (χ1) is 12.3. The number of amides is 2. The summed E-state index contributed by atoms with van der Waals surface area (Å²) in [5.74, 6) is 0.545. The van der Waals surface area contributed by atoms with Gasteiger partial charge < -0.3 is 15.4 Å². The molecule has 0 radical (unpaired) electrons. The van der Waals surface area contributed by atoms with Crippen LogP contribution in [0.2, 0.25) is 5.02 Å². The number of ether oxygens (including phenoxy) is 1. The highest BCUT2D eigenvalue weighted by molar-refractivity contribution is 9.10. The highest BCUT2D eigenvalue weighted by atomic mass is 79.9. The minimum atomic E-state index is -4.40. The van der Waals surface area contributed by atoms with Crippen molar-refractivity contribution in [3.05, 3.63) is 57.5 Å². The molecule has 2 aromatic rings. The smallest absolute Gasteiger partial charge is 0.416 e. The van der Waals surface area contributed by atoms with Crippen LogP contribution in [0.15, 0.2) is 46.9 Å². The van der Waals surface area contributed by atoms with E-state index in [0.29, 0.717) is 30.3 Å². The van der Waals surface area contributed by atoms with Gasteiger partial charge in [0.15, 0.2) is 0 Å². The predicted octanol–water partition coefficient (Wildman–Crippen LogP) is 5.71. The zero-order valence-electron chi connectivity index (χ0n) is 13.4. The van der Waals surface area contributed by atoms with Gasteiger partial charge in [0.25, 0.3) is 0 Å². The van der Waals surface area contributed by atoms with E-state index < -0.39 is 17.8 Å². The summed E-state index contributed by atoms with van der Waals surface area (Å²) >= 11 is 9.31. The highest BCUT2D eigenvalue weighted by Gasteiger charge is 2.29. The fourth-order valence-corrected chi connectivity index (χ4v) is 2.69. The summed E-state index contributed by atoms with van der Waals surface area (Å²) in [7, 11) is 0.